The number of carbonyl (C=O) groups excluding carboxylic acids is 3. The second-order valence-electron chi connectivity index (χ2n) is 18.3. The quantitative estimate of drug-likeness (QED) is 0.203. The van der Waals surface area contributed by atoms with Crippen molar-refractivity contribution in [1.29, 1.82) is 0 Å². The largest absolute Gasteiger partial charge is 0.458 e. The number of ketones is 1. The van der Waals surface area contributed by atoms with Crippen LogP contribution in [0.4, 0.5) is 0 Å². The number of ether oxygens (including phenoxy) is 6. The van der Waals surface area contributed by atoms with Gasteiger partial charge >= 0.3 is 11.9 Å². The lowest BCUT2D eigenvalue weighted by atomic mass is 9.96. The predicted molar refractivity (Wildman–Crippen MR) is 229 cm³/mol. The van der Waals surface area contributed by atoms with E-state index in [0.717, 1.165) is 71.9 Å². The van der Waals surface area contributed by atoms with Crippen LogP contribution >= 0.6 is 0 Å². The normalized spacial score (nSPS) is 34.3. The van der Waals surface area contributed by atoms with Gasteiger partial charge in [0.05, 0.1) is 23.3 Å². The minimum Gasteiger partial charge on any atom is -0.458 e. The van der Waals surface area contributed by atoms with Crippen molar-refractivity contribution in [3.8, 4) is 0 Å². The average molecular weight is 823 g/mol. The molecule has 0 radical (unpaired) electrons. The van der Waals surface area contributed by atoms with Crippen molar-refractivity contribution < 1.29 is 47.9 Å². The van der Waals surface area contributed by atoms with Crippen LogP contribution in [0.25, 0.3) is 12.2 Å². The molecule has 9 atom stereocenters. The second-order valence-corrected chi connectivity index (χ2v) is 18.3. The molecule has 0 aromatic heterocycles. The summed E-state index contributed by atoms with van der Waals surface area (Å²) >= 11 is 0. The van der Waals surface area contributed by atoms with Gasteiger partial charge in [0.2, 0.25) is 0 Å². The Morgan fingerprint density at radius 2 is 1.07 bits per heavy atom. The molecule has 2 aromatic carbocycles. The number of benzene rings is 2. The molecular formula is C50H62O10. The third kappa shape index (κ3) is 10.1. The predicted octanol–water partition coefficient (Wildman–Crippen LogP) is 9.17. The molecule has 4 fully saturated rings. The van der Waals surface area contributed by atoms with E-state index in [9.17, 15) is 19.5 Å². The zero-order valence-corrected chi connectivity index (χ0v) is 36.4. The number of aliphatic hydroxyl groups is 1. The van der Waals surface area contributed by atoms with Gasteiger partial charge in [-0.15, -0.1) is 0 Å². The lowest BCUT2D eigenvalue weighted by Gasteiger charge is -2.22. The summed E-state index contributed by atoms with van der Waals surface area (Å²) in [6.45, 7) is 15.3. The number of aryl methyl sites for hydroxylation is 4. The van der Waals surface area contributed by atoms with Crippen molar-refractivity contribution in [1.82, 2.24) is 0 Å². The lowest BCUT2D eigenvalue weighted by Crippen LogP contribution is -2.34. The number of hydrogen-bond acceptors (Lipinski definition) is 10. The first kappa shape index (κ1) is 43.9. The van der Waals surface area contributed by atoms with Gasteiger partial charge < -0.3 is 33.5 Å². The highest BCUT2D eigenvalue weighted by Gasteiger charge is 2.45. The zero-order chi connectivity index (χ0) is 42.9. The van der Waals surface area contributed by atoms with E-state index in [-0.39, 0.29) is 54.0 Å². The third-order valence-electron chi connectivity index (χ3n) is 12.4. The number of esters is 2. The van der Waals surface area contributed by atoms with E-state index in [2.05, 4.69) is 0 Å². The first-order valence-electron chi connectivity index (χ1n) is 21.7. The van der Waals surface area contributed by atoms with Crippen molar-refractivity contribution >= 4 is 29.9 Å². The standard InChI is InChI=1S/C25H32O5.C25H30O5/c2*1-15-13-16(2)22-18(14-15)8-6-10-21-23(30-25(3,4)29-21)19(26)12-11-17-7-5-9-20(17)28-24(22)27/h6,8,11-14,17,19-21,23,26H,5,7,9-10H2,1-4H3;6,8,11-14,17,20-21,23H,5,7,9-10H2,1-4H3/b2*8-6+,12-11-/t17-,19?,20+,21+,23-;17-,20+,21+,23-/m11/s1. The fourth-order valence-electron chi connectivity index (χ4n) is 9.78. The molecule has 4 aliphatic heterocycles. The maximum absolute atomic E-state index is 13.1. The number of carbonyl (C=O) groups is 3. The molecule has 10 heteroatoms. The molecule has 0 spiro atoms. The van der Waals surface area contributed by atoms with Crippen LogP contribution in [0.15, 0.2) is 60.7 Å². The van der Waals surface area contributed by atoms with E-state index in [1.165, 1.54) is 0 Å². The summed E-state index contributed by atoms with van der Waals surface area (Å²) < 4.78 is 35.9. The average Bonchev–Trinajstić information content (AvgIpc) is 3.94. The Morgan fingerprint density at radius 1 is 0.567 bits per heavy atom. The molecule has 2 saturated heterocycles. The van der Waals surface area contributed by atoms with E-state index in [1.54, 1.807) is 12.2 Å². The van der Waals surface area contributed by atoms with Crippen LogP contribution in [0.1, 0.15) is 133 Å². The van der Waals surface area contributed by atoms with Gasteiger partial charge in [-0.05, 0) is 135 Å². The Labute approximate surface area is 355 Å². The van der Waals surface area contributed by atoms with Gasteiger partial charge in [0.15, 0.2) is 17.4 Å². The number of aliphatic hydroxyl groups excluding tert-OH is 1. The molecule has 6 aliphatic rings. The van der Waals surface area contributed by atoms with Crippen LogP contribution < -0.4 is 0 Å². The van der Waals surface area contributed by atoms with E-state index >= 15 is 0 Å². The van der Waals surface area contributed by atoms with Crippen molar-refractivity contribution in [3.05, 3.63) is 105 Å². The summed E-state index contributed by atoms with van der Waals surface area (Å²) in [6, 6.07) is 8.04. The molecule has 2 aromatic rings. The Kier molecular flexibility index (Phi) is 13.2. The Balaban J connectivity index is 0.000000181. The SMILES string of the molecule is Cc1cc(C)c2c(c1)/C=C/C[C@@H]1OC(C)(C)O[C@@H]1C(=O)/C=C\[C@H]1CCC[C@@H]1OC2=O.Cc1cc(C)c2c(c1)/C=C/C[C@@H]1OC(C)(C)O[C@@H]1C(O)/C=C\[C@H]1CCC[C@@H]1OC2=O. The van der Waals surface area contributed by atoms with Crippen molar-refractivity contribution in [2.75, 3.05) is 0 Å². The van der Waals surface area contributed by atoms with Gasteiger partial charge in [0.25, 0.3) is 0 Å². The van der Waals surface area contributed by atoms with E-state index in [1.807, 2.05) is 116 Å². The first-order chi connectivity index (χ1) is 28.5. The van der Waals surface area contributed by atoms with E-state index in [0.29, 0.717) is 24.0 Å². The molecule has 2 saturated carbocycles. The summed E-state index contributed by atoms with van der Waals surface area (Å²) in [5, 5.41) is 10.8. The number of fused-ring (bicyclic) bond motifs is 6. The third-order valence-corrected chi connectivity index (χ3v) is 12.4. The summed E-state index contributed by atoms with van der Waals surface area (Å²) in [4.78, 5) is 39.1. The highest BCUT2D eigenvalue weighted by Crippen LogP contribution is 2.37. The van der Waals surface area contributed by atoms with Gasteiger partial charge in [-0.2, -0.15) is 0 Å². The van der Waals surface area contributed by atoms with Gasteiger partial charge in [-0.3, -0.25) is 4.79 Å². The molecule has 10 nitrogen and oxygen atoms in total. The highest BCUT2D eigenvalue weighted by atomic mass is 16.8. The topological polar surface area (TPSA) is 127 Å². The molecule has 2 aliphatic carbocycles. The summed E-state index contributed by atoms with van der Waals surface area (Å²) in [5.74, 6) is -2.06. The summed E-state index contributed by atoms with van der Waals surface area (Å²) in [6.07, 6.45) is 18.8. The Hall–Kier alpha value is -4.19. The van der Waals surface area contributed by atoms with Crippen LogP contribution in [0.2, 0.25) is 0 Å². The summed E-state index contributed by atoms with van der Waals surface area (Å²) in [5.41, 5.74) is 6.94. The van der Waals surface area contributed by atoms with Crippen LogP contribution in [-0.4, -0.2) is 77.1 Å². The molecule has 1 unspecified atom stereocenters. The van der Waals surface area contributed by atoms with Gasteiger partial charge in [-0.25, -0.2) is 9.59 Å². The monoisotopic (exact) mass is 822 g/mol. The van der Waals surface area contributed by atoms with Crippen molar-refractivity contribution in [3.63, 3.8) is 0 Å². The first-order valence-corrected chi connectivity index (χ1v) is 21.7. The molecule has 0 amide bonds. The minimum atomic E-state index is -0.805. The number of rotatable bonds is 0. The molecular weight excluding hydrogens is 761 g/mol. The molecule has 322 valence electrons. The minimum absolute atomic E-state index is 0.0411. The van der Waals surface area contributed by atoms with Crippen LogP contribution in [0.3, 0.4) is 0 Å². The van der Waals surface area contributed by atoms with E-state index in [4.69, 9.17) is 28.4 Å². The fourth-order valence-corrected chi connectivity index (χ4v) is 9.78. The fraction of sp³-hybridized carbons (Fsp3) is 0.540. The van der Waals surface area contributed by atoms with Gasteiger partial charge in [0, 0.05) is 11.8 Å². The van der Waals surface area contributed by atoms with Crippen molar-refractivity contribution in [2.24, 2.45) is 11.8 Å². The Morgan fingerprint density at radius 3 is 1.63 bits per heavy atom. The van der Waals surface area contributed by atoms with Gasteiger partial charge in [0.1, 0.15) is 30.5 Å². The molecule has 60 heavy (non-hydrogen) atoms. The zero-order valence-electron chi connectivity index (χ0n) is 36.4. The number of hydrogen-bond donors (Lipinski definition) is 1. The van der Waals surface area contributed by atoms with Crippen LogP contribution in [0, 0.1) is 39.5 Å². The maximum atomic E-state index is 13.1. The maximum Gasteiger partial charge on any atom is 0.339 e. The molecule has 1 N–H and O–H groups in total. The van der Waals surface area contributed by atoms with Crippen LogP contribution in [-0.2, 0) is 33.2 Å². The molecule has 4 heterocycles. The second kappa shape index (κ2) is 18.0. The van der Waals surface area contributed by atoms with Crippen molar-refractivity contribution in [2.45, 2.75) is 161 Å². The smallest absolute Gasteiger partial charge is 0.339 e. The molecule has 8 rings (SSSR count). The van der Waals surface area contributed by atoms with E-state index < -0.39 is 29.9 Å². The van der Waals surface area contributed by atoms with Crippen LogP contribution in [0.5, 0.6) is 0 Å². The highest BCUT2D eigenvalue weighted by molar-refractivity contribution is 5.97. The lowest BCUT2D eigenvalue weighted by molar-refractivity contribution is -0.152. The molecule has 0 bridgehead atoms. The Bertz CT molecular complexity index is 2070. The summed E-state index contributed by atoms with van der Waals surface area (Å²) in [7, 11) is 0. The van der Waals surface area contributed by atoms with Gasteiger partial charge in [-0.1, -0.05) is 77.9 Å².